The second-order valence-corrected chi connectivity index (χ2v) is 4.22. The van der Waals surface area contributed by atoms with Gasteiger partial charge in [-0.2, -0.15) is 9.61 Å². The first-order valence-corrected chi connectivity index (χ1v) is 5.95. The van der Waals surface area contributed by atoms with Gasteiger partial charge in [0.1, 0.15) is 5.65 Å². The highest BCUT2D eigenvalue weighted by molar-refractivity contribution is 5.89. The number of benzene rings is 1. The van der Waals surface area contributed by atoms with Crippen LogP contribution in [0.3, 0.4) is 0 Å². The number of hydrogen-bond acceptors (Lipinski definition) is 4. The molecule has 1 aromatic carbocycles. The van der Waals surface area contributed by atoms with Gasteiger partial charge in [0.2, 0.25) is 0 Å². The molecule has 100 valence electrons. The maximum Gasteiger partial charge on any atom is 0.337 e. The quantitative estimate of drug-likeness (QED) is 0.715. The highest BCUT2D eigenvalue weighted by atomic mass is 16.5. The standard InChI is InChI=1S/C14H11N3O3/c1-20-14(19)10-4-2-9(3-5-10)11-8-13(18)17-12(16-11)6-7-15-17/h2-8,16H,1H3. The molecule has 6 nitrogen and oxygen atoms in total. The van der Waals surface area contributed by atoms with Crippen LogP contribution in [-0.4, -0.2) is 27.7 Å². The summed E-state index contributed by atoms with van der Waals surface area (Å²) in [5.74, 6) is -0.392. The number of aromatic amines is 1. The zero-order valence-corrected chi connectivity index (χ0v) is 10.7. The molecule has 0 radical (unpaired) electrons. The average molecular weight is 269 g/mol. The van der Waals surface area contributed by atoms with Crippen LogP contribution in [0.4, 0.5) is 0 Å². The first-order chi connectivity index (χ1) is 9.69. The lowest BCUT2D eigenvalue weighted by molar-refractivity contribution is 0.0601. The molecule has 0 aliphatic carbocycles. The van der Waals surface area contributed by atoms with Gasteiger partial charge < -0.3 is 9.72 Å². The smallest absolute Gasteiger partial charge is 0.337 e. The van der Waals surface area contributed by atoms with E-state index in [1.54, 1.807) is 36.5 Å². The lowest BCUT2D eigenvalue weighted by Gasteiger charge is -2.04. The fourth-order valence-electron chi connectivity index (χ4n) is 1.99. The van der Waals surface area contributed by atoms with Crippen LogP contribution in [0.5, 0.6) is 0 Å². The van der Waals surface area contributed by atoms with Gasteiger partial charge in [0.15, 0.2) is 0 Å². The van der Waals surface area contributed by atoms with E-state index in [1.807, 2.05) is 0 Å². The lowest BCUT2D eigenvalue weighted by Crippen LogP contribution is -2.14. The maximum absolute atomic E-state index is 11.9. The van der Waals surface area contributed by atoms with Crippen molar-refractivity contribution in [3.8, 4) is 11.3 Å². The Balaban J connectivity index is 2.06. The molecular weight excluding hydrogens is 258 g/mol. The highest BCUT2D eigenvalue weighted by Gasteiger charge is 2.07. The van der Waals surface area contributed by atoms with Crippen LogP contribution in [0, 0.1) is 0 Å². The summed E-state index contributed by atoms with van der Waals surface area (Å²) in [7, 11) is 1.33. The van der Waals surface area contributed by atoms with Crippen molar-refractivity contribution < 1.29 is 9.53 Å². The Hall–Kier alpha value is -2.89. The molecule has 0 aliphatic rings. The predicted molar refractivity (Wildman–Crippen MR) is 72.6 cm³/mol. The van der Waals surface area contributed by atoms with Gasteiger partial charge in [0.05, 0.1) is 24.6 Å². The van der Waals surface area contributed by atoms with Crippen LogP contribution < -0.4 is 5.56 Å². The number of fused-ring (bicyclic) bond motifs is 1. The number of nitrogens with one attached hydrogen (secondary N) is 1. The average Bonchev–Trinajstić information content (AvgIpc) is 2.95. The van der Waals surface area contributed by atoms with Crippen molar-refractivity contribution in [2.45, 2.75) is 0 Å². The van der Waals surface area contributed by atoms with Gasteiger partial charge in [-0.05, 0) is 17.7 Å². The molecule has 0 unspecified atom stereocenters. The van der Waals surface area contributed by atoms with Crippen molar-refractivity contribution in [2.75, 3.05) is 7.11 Å². The monoisotopic (exact) mass is 269 g/mol. The van der Waals surface area contributed by atoms with E-state index in [9.17, 15) is 9.59 Å². The molecule has 1 N–H and O–H groups in total. The van der Waals surface area contributed by atoms with Crippen molar-refractivity contribution in [1.29, 1.82) is 0 Å². The van der Waals surface area contributed by atoms with Crippen molar-refractivity contribution >= 4 is 11.6 Å². The lowest BCUT2D eigenvalue weighted by atomic mass is 10.1. The summed E-state index contributed by atoms with van der Waals surface area (Å²) < 4.78 is 5.92. The van der Waals surface area contributed by atoms with E-state index in [1.165, 1.54) is 17.7 Å². The summed E-state index contributed by atoms with van der Waals surface area (Å²) >= 11 is 0. The molecule has 3 aromatic rings. The minimum absolute atomic E-state index is 0.212. The highest BCUT2D eigenvalue weighted by Crippen LogP contribution is 2.17. The van der Waals surface area contributed by atoms with Crippen LogP contribution >= 0.6 is 0 Å². The van der Waals surface area contributed by atoms with Crippen molar-refractivity contribution in [1.82, 2.24) is 14.6 Å². The van der Waals surface area contributed by atoms with Crippen LogP contribution in [0.15, 0.2) is 47.4 Å². The third kappa shape index (κ3) is 1.97. The summed E-state index contributed by atoms with van der Waals surface area (Å²) in [6.07, 6.45) is 1.55. The van der Waals surface area contributed by atoms with Gasteiger partial charge in [-0.15, -0.1) is 0 Å². The molecule has 2 aromatic heterocycles. The number of aromatic nitrogens is 3. The minimum atomic E-state index is -0.392. The maximum atomic E-state index is 11.9. The normalized spacial score (nSPS) is 10.7. The molecule has 20 heavy (non-hydrogen) atoms. The molecular formula is C14H11N3O3. The molecule has 3 rings (SSSR count). The number of nitrogens with zero attached hydrogens (tertiary/aromatic N) is 2. The zero-order valence-electron chi connectivity index (χ0n) is 10.7. The Bertz CT molecular complexity index is 831. The van der Waals surface area contributed by atoms with E-state index in [-0.39, 0.29) is 5.56 Å². The molecule has 0 saturated heterocycles. The molecule has 2 heterocycles. The Morgan fingerprint density at radius 2 is 2.00 bits per heavy atom. The molecule has 0 saturated carbocycles. The predicted octanol–water partition coefficient (Wildman–Crippen LogP) is 1.48. The Morgan fingerprint density at radius 3 is 2.70 bits per heavy atom. The number of H-pyrrole nitrogens is 1. The van der Waals surface area contributed by atoms with Crippen LogP contribution in [-0.2, 0) is 4.74 Å². The number of methoxy groups -OCH3 is 1. The topological polar surface area (TPSA) is 76.5 Å². The Labute approximate surface area is 113 Å². The van der Waals surface area contributed by atoms with Gasteiger partial charge >= 0.3 is 5.97 Å². The van der Waals surface area contributed by atoms with Crippen LogP contribution in [0.25, 0.3) is 16.9 Å². The summed E-state index contributed by atoms with van der Waals surface area (Å²) in [6, 6.07) is 10.00. The van der Waals surface area contributed by atoms with E-state index in [2.05, 4.69) is 14.8 Å². The number of rotatable bonds is 2. The SMILES string of the molecule is COC(=O)c1ccc(-c2cc(=O)n3nccc3[nH]2)cc1. The summed E-state index contributed by atoms with van der Waals surface area (Å²) in [4.78, 5) is 26.3. The number of carbonyl (C=O) groups is 1. The third-order valence-electron chi connectivity index (χ3n) is 3.00. The minimum Gasteiger partial charge on any atom is -0.465 e. The first kappa shape index (κ1) is 12.2. The van der Waals surface area contributed by atoms with Crippen molar-refractivity contribution in [2.24, 2.45) is 0 Å². The van der Waals surface area contributed by atoms with Crippen molar-refractivity contribution in [3.63, 3.8) is 0 Å². The molecule has 0 spiro atoms. The van der Waals surface area contributed by atoms with Gasteiger partial charge in [-0.3, -0.25) is 4.79 Å². The molecule has 0 fully saturated rings. The summed E-state index contributed by atoms with van der Waals surface area (Å²) in [5, 5.41) is 3.91. The van der Waals surface area contributed by atoms with E-state index < -0.39 is 5.97 Å². The van der Waals surface area contributed by atoms with E-state index in [0.717, 1.165) is 5.56 Å². The molecule has 0 bridgehead atoms. The summed E-state index contributed by atoms with van der Waals surface area (Å²) in [6.45, 7) is 0. The van der Waals surface area contributed by atoms with Gasteiger partial charge in [-0.1, -0.05) is 12.1 Å². The third-order valence-corrected chi connectivity index (χ3v) is 3.00. The van der Waals surface area contributed by atoms with E-state index in [4.69, 9.17) is 0 Å². The van der Waals surface area contributed by atoms with Gasteiger partial charge in [-0.25, -0.2) is 4.79 Å². The van der Waals surface area contributed by atoms with E-state index >= 15 is 0 Å². The fraction of sp³-hybridized carbons (Fsp3) is 0.0714. The number of hydrogen-bond donors (Lipinski definition) is 1. The Kier molecular flexibility index (Phi) is 2.83. The largest absolute Gasteiger partial charge is 0.465 e. The number of esters is 1. The molecule has 0 aliphatic heterocycles. The molecule has 0 amide bonds. The van der Waals surface area contributed by atoms with Crippen molar-refractivity contribution in [3.05, 3.63) is 58.5 Å². The van der Waals surface area contributed by atoms with Gasteiger partial charge in [0.25, 0.3) is 5.56 Å². The van der Waals surface area contributed by atoms with Gasteiger partial charge in [0, 0.05) is 12.1 Å². The zero-order chi connectivity index (χ0) is 14.1. The second kappa shape index (κ2) is 4.65. The number of ether oxygens (including phenoxy) is 1. The second-order valence-electron chi connectivity index (χ2n) is 4.22. The summed E-state index contributed by atoms with van der Waals surface area (Å²) in [5.41, 5.74) is 2.34. The molecule has 0 atom stereocenters. The Morgan fingerprint density at radius 1 is 1.25 bits per heavy atom. The molecule has 6 heteroatoms. The first-order valence-electron chi connectivity index (χ1n) is 5.95. The van der Waals surface area contributed by atoms with Crippen LogP contribution in [0.1, 0.15) is 10.4 Å². The van der Waals surface area contributed by atoms with E-state index in [0.29, 0.717) is 16.9 Å². The van der Waals surface area contributed by atoms with Crippen LogP contribution in [0.2, 0.25) is 0 Å². The fourth-order valence-corrected chi connectivity index (χ4v) is 1.99. The number of carbonyl (C=O) groups excluding carboxylic acids is 1.